The van der Waals surface area contributed by atoms with Crippen LogP contribution in [0.15, 0.2) is 0 Å². The minimum Gasteiger partial charge on any atom is 0 e. The fourth-order valence-corrected chi connectivity index (χ4v) is 0. The lowest BCUT2D eigenvalue weighted by molar-refractivity contribution is 0.686. The normalized spacial score (nSPS) is 0. The molecule has 0 aliphatic rings. The molecule has 0 bridgehead atoms. The third kappa shape index (κ3) is 18.2. The lowest BCUT2D eigenvalue weighted by Crippen LogP contribution is -0.382. The Balaban J connectivity index is 0. The van der Waals surface area contributed by atoms with E-state index in [4.69, 9.17) is 0 Å². The standard InChI is InChI=1S/O.3Si. The molecular weight excluding hydrogens is 100 g/mol. The fourth-order valence-electron chi connectivity index (χ4n) is 0. The minimum absolute atomic E-state index is 0. The first-order valence-corrected chi connectivity index (χ1v) is 0. The molecule has 0 fully saturated rings. The van der Waals surface area contributed by atoms with Gasteiger partial charge in [-0.25, -0.2) is 0 Å². The van der Waals surface area contributed by atoms with E-state index in [0.29, 0.717) is 0 Å². The number of hydrogen-bond acceptors (Lipinski definition) is 0. The Bertz CT molecular complexity index is 3.25. The first kappa shape index (κ1) is 161. The summed E-state index contributed by atoms with van der Waals surface area (Å²) in [4.78, 5) is 0. The quantitative estimate of drug-likeness (QED) is 0.340. The van der Waals surface area contributed by atoms with Crippen LogP contribution in [-0.4, -0.2) is 32.9 Å². The van der Waals surface area contributed by atoms with Crippen molar-refractivity contribution in [3.8, 4) is 0 Å². The second-order valence-electron chi connectivity index (χ2n) is 0. The highest BCUT2D eigenvalue weighted by atomic mass is 28.1. The molecule has 0 unspecified atom stereocenters. The van der Waals surface area contributed by atoms with E-state index < -0.39 is 0 Å². The van der Waals surface area contributed by atoms with E-state index in [9.17, 15) is 0 Å². The number of hydrogen-bond donors (Lipinski definition) is 0. The summed E-state index contributed by atoms with van der Waals surface area (Å²) in [7, 11) is 0. The van der Waals surface area contributed by atoms with Gasteiger partial charge in [0.15, 0.2) is 0 Å². The van der Waals surface area contributed by atoms with Gasteiger partial charge < -0.3 is 0 Å². The van der Waals surface area contributed by atoms with E-state index in [1.165, 1.54) is 0 Å². The highest BCUT2D eigenvalue weighted by Crippen LogP contribution is -0.119. The summed E-state index contributed by atoms with van der Waals surface area (Å²) in [5, 5.41) is 0. The highest BCUT2D eigenvalue weighted by Gasteiger charge is 0.00300. The molecule has 0 aromatic heterocycles. The second kappa shape index (κ2) is 66.0. The van der Waals surface area contributed by atoms with Crippen LogP contribution in [0.25, 0.3) is 0 Å². The summed E-state index contributed by atoms with van der Waals surface area (Å²) in [6.45, 7) is 0. The number of rotatable bonds is 0. The van der Waals surface area contributed by atoms with Crippen LogP contribution in [0.2, 0.25) is 0 Å². The van der Waals surface area contributed by atoms with E-state index in [2.05, 4.69) is 0 Å². The Morgan fingerprint density at radius 1 is 0.500 bits per heavy atom. The molecule has 4 heteroatoms. The lowest BCUT2D eigenvalue weighted by Gasteiger charge is -0.00100. The fraction of sp³-hybridized carbons (Fsp3) is 0. The monoisotopic (exact) mass is 99.9 g/mol. The lowest BCUT2D eigenvalue weighted by atomic mass is 16.0. The van der Waals surface area contributed by atoms with Gasteiger partial charge in [0.25, 0.3) is 0 Å². The van der Waals surface area contributed by atoms with Crippen LogP contribution in [0.4, 0.5) is 0 Å². The smallest absolute Gasteiger partial charge is 0 e. The van der Waals surface area contributed by atoms with Gasteiger partial charge in [0.2, 0.25) is 0 Å². The molecule has 0 rings (SSSR count). The molecule has 0 N–H and O–H groups in total. The van der Waals surface area contributed by atoms with Crippen LogP contribution in [0.1, 0.15) is 0 Å². The van der Waals surface area contributed by atoms with Crippen LogP contribution < -0.4 is 0 Å². The van der Waals surface area contributed by atoms with Crippen molar-refractivity contribution in [1.29, 1.82) is 0 Å². The maximum Gasteiger partial charge on any atom is 0 e. The molecule has 0 amide bonds. The summed E-state index contributed by atoms with van der Waals surface area (Å²) in [6.07, 6.45) is 0. The predicted molar refractivity (Wildman–Crippen MR) is 17.9 cm³/mol. The molecule has 18 valence electrons. The van der Waals surface area contributed by atoms with Gasteiger partial charge in [0.05, 0.1) is 0 Å². The van der Waals surface area contributed by atoms with Crippen molar-refractivity contribution in [1.82, 2.24) is 0 Å². The van der Waals surface area contributed by atoms with Crippen LogP contribution in [0.5, 0.6) is 0 Å². The highest BCUT2D eigenvalue weighted by molar-refractivity contribution is 5.76. The average molecular weight is 100 g/mol. The predicted octanol–water partition coefficient (Wildman–Crippen LogP) is -1.26. The minimum atomic E-state index is 0. The largest absolute Gasteiger partial charge is 0 e. The van der Waals surface area contributed by atoms with Gasteiger partial charge in [-0.1, -0.05) is 0 Å². The van der Waals surface area contributed by atoms with Crippen LogP contribution in [0.3, 0.4) is 0 Å². The van der Waals surface area contributed by atoms with Gasteiger partial charge in [-0.3, -0.25) is 0 Å². The zero-order chi connectivity index (χ0) is 0. The van der Waals surface area contributed by atoms with Gasteiger partial charge in [-0.05, 0) is 0 Å². The van der Waals surface area contributed by atoms with Crippen molar-refractivity contribution in [3.63, 3.8) is 0 Å². The Morgan fingerprint density at radius 2 is 0.500 bits per heavy atom. The molecule has 0 saturated carbocycles. The summed E-state index contributed by atoms with van der Waals surface area (Å²) in [6, 6.07) is 0. The van der Waals surface area contributed by atoms with E-state index in [1.54, 1.807) is 0 Å². The maximum absolute atomic E-state index is 0. The van der Waals surface area contributed by atoms with Gasteiger partial charge in [0, 0.05) is 38.4 Å². The molecule has 1 nitrogen and oxygen atoms in total. The summed E-state index contributed by atoms with van der Waals surface area (Å²) < 4.78 is 0. The van der Waals surface area contributed by atoms with Crippen molar-refractivity contribution in [2.75, 3.05) is 0 Å². The summed E-state index contributed by atoms with van der Waals surface area (Å²) >= 11 is 0. The van der Waals surface area contributed by atoms with Crippen LogP contribution in [-0.2, 0) is 5.48 Å². The van der Waals surface area contributed by atoms with E-state index >= 15 is 0 Å². The Morgan fingerprint density at radius 3 is 0.500 bits per heavy atom. The van der Waals surface area contributed by atoms with Gasteiger partial charge in [-0.15, -0.1) is 0 Å². The van der Waals surface area contributed by atoms with Crippen molar-refractivity contribution in [3.05, 3.63) is 0 Å². The van der Waals surface area contributed by atoms with Crippen molar-refractivity contribution >= 4 is 32.9 Å². The average Bonchev–Trinajstić information content (AvgIpc) is 0. The van der Waals surface area contributed by atoms with Gasteiger partial charge >= 0.3 is 0 Å². The third-order valence-corrected chi connectivity index (χ3v) is 0. The first-order valence-electron chi connectivity index (χ1n) is 0. The van der Waals surface area contributed by atoms with E-state index in [-0.39, 0.29) is 38.4 Å². The molecule has 0 aliphatic carbocycles. The van der Waals surface area contributed by atoms with Crippen molar-refractivity contribution < 1.29 is 5.48 Å². The summed E-state index contributed by atoms with van der Waals surface area (Å²) in [5.74, 6) is 0. The first-order chi connectivity index (χ1) is 0. The molecule has 0 atom stereocenters. The zero-order valence-electron chi connectivity index (χ0n) is 1.91. The molecule has 0 aromatic carbocycles. The SMILES string of the molecule is [O].[Si].[Si].[Si]. The Hall–Kier alpha value is 0.611. The zero-order valence-corrected chi connectivity index (χ0v) is 4.91. The maximum atomic E-state index is 0. The van der Waals surface area contributed by atoms with Crippen molar-refractivity contribution in [2.24, 2.45) is 0 Å². The third-order valence-electron chi connectivity index (χ3n) is 0. The van der Waals surface area contributed by atoms with Crippen molar-refractivity contribution in [2.45, 2.75) is 0 Å². The molecular formula is OSi3. The van der Waals surface area contributed by atoms with E-state index in [1.807, 2.05) is 0 Å². The molecule has 0 spiro atoms. The molecule has 0 heterocycles. The Kier molecular flexibility index (Phi) is 2660. The van der Waals surface area contributed by atoms with Gasteiger partial charge in [0.1, 0.15) is 0 Å². The second-order valence-corrected chi connectivity index (χ2v) is 0. The Labute approximate surface area is 39.2 Å². The van der Waals surface area contributed by atoms with Crippen LogP contribution >= 0.6 is 0 Å². The van der Waals surface area contributed by atoms with E-state index in [0.717, 1.165) is 0 Å². The molecule has 0 saturated heterocycles. The van der Waals surface area contributed by atoms with Crippen LogP contribution in [0, 0.1) is 0 Å². The molecule has 0 aromatic rings. The van der Waals surface area contributed by atoms with Gasteiger partial charge in [-0.2, -0.15) is 0 Å². The molecule has 14 radical (unpaired) electrons. The summed E-state index contributed by atoms with van der Waals surface area (Å²) in [5.41, 5.74) is 0. The molecule has 0 aliphatic heterocycles. The topological polar surface area (TPSA) is 28.5 Å². The molecule has 4 heavy (non-hydrogen) atoms.